The van der Waals surface area contributed by atoms with Gasteiger partial charge in [-0.2, -0.15) is 0 Å². The highest BCUT2D eigenvalue weighted by Crippen LogP contribution is 2.33. The first-order valence-corrected chi connectivity index (χ1v) is 7.66. The number of hydrogen-bond donors (Lipinski definition) is 1. The first-order chi connectivity index (χ1) is 9.43. The summed E-state index contributed by atoms with van der Waals surface area (Å²) in [5, 5.41) is 0.876. The number of aryl methyl sites for hydroxylation is 1. The molecule has 2 aromatic heterocycles. The third-order valence-electron chi connectivity index (χ3n) is 3.56. The molecule has 0 aliphatic carbocycles. The number of anilines is 1. The monoisotopic (exact) mass is 291 g/mol. The van der Waals surface area contributed by atoms with Crippen molar-refractivity contribution in [2.75, 3.05) is 19.3 Å². The first kappa shape index (κ1) is 14.8. The highest BCUT2D eigenvalue weighted by atomic mass is 32.1. The van der Waals surface area contributed by atoms with Crippen LogP contribution < -0.4 is 5.73 Å². The summed E-state index contributed by atoms with van der Waals surface area (Å²) in [5.41, 5.74) is 7.60. The number of pyridine rings is 1. The van der Waals surface area contributed by atoms with Gasteiger partial charge in [0.2, 0.25) is 0 Å². The van der Waals surface area contributed by atoms with Crippen LogP contribution in [0, 0.1) is 12.8 Å². The number of hydrogen-bond acceptors (Lipinski definition) is 4. The number of fused-ring (bicyclic) bond motifs is 1. The normalized spacial score (nSPS) is 12.6. The van der Waals surface area contributed by atoms with Gasteiger partial charge in [0.1, 0.15) is 9.71 Å². The van der Waals surface area contributed by atoms with Crippen LogP contribution in [0.15, 0.2) is 12.1 Å². The van der Waals surface area contributed by atoms with Crippen LogP contribution in [0.1, 0.15) is 35.6 Å². The Morgan fingerprint density at radius 1 is 1.50 bits per heavy atom. The van der Waals surface area contributed by atoms with Gasteiger partial charge in [-0.1, -0.05) is 20.3 Å². The summed E-state index contributed by atoms with van der Waals surface area (Å²) >= 11 is 1.38. The summed E-state index contributed by atoms with van der Waals surface area (Å²) in [4.78, 5) is 20.1. The lowest BCUT2D eigenvalue weighted by atomic mass is 10.1. The van der Waals surface area contributed by atoms with E-state index in [4.69, 9.17) is 5.73 Å². The summed E-state index contributed by atoms with van der Waals surface area (Å²) in [6.45, 7) is 6.95. The molecular formula is C15H21N3OS. The number of nitrogens with two attached hydrogens (primary N) is 1. The summed E-state index contributed by atoms with van der Waals surface area (Å²) in [6.07, 6.45) is 1.06. The molecule has 0 saturated carbocycles. The maximum atomic E-state index is 12.5. The van der Waals surface area contributed by atoms with Crippen LogP contribution in [0.5, 0.6) is 0 Å². The van der Waals surface area contributed by atoms with Gasteiger partial charge in [-0.3, -0.25) is 4.79 Å². The lowest BCUT2D eigenvalue weighted by Gasteiger charge is -2.20. The molecular weight excluding hydrogens is 270 g/mol. The van der Waals surface area contributed by atoms with Crippen LogP contribution in [0.4, 0.5) is 5.69 Å². The van der Waals surface area contributed by atoms with Crippen LogP contribution >= 0.6 is 11.3 Å². The molecule has 0 saturated heterocycles. The maximum Gasteiger partial charge on any atom is 0.265 e. The van der Waals surface area contributed by atoms with E-state index in [0.717, 1.165) is 28.9 Å². The summed E-state index contributed by atoms with van der Waals surface area (Å²) < 4.78 is 0. The smallest absolute Gasteiger partial charge is 0.265 e. The molecule has 0 bridgehead atoms. The number of thiophene rings is 1. The van der Waals surface area contributed by atoms with E-state index in [2.05, 4.69) is 18.8 Å². The molecule has 2 aromatic rings. The topological polar surface area (TPSA) is 59.2 Å². The molecule has 0 aromatic carbocycles. The van der Waals surface area contributed by atoms with Gasteiger partial charge in [0.05, 0.1) is 5.69 Å². The largest absolute Gasteiger partial charge is 0.397 e. The van der Waals surface area contributed by atoms with Gasteiger partial charge < -0.3 is 10.6 Å². The third-order valence-corrected chi connectivity index (χ3v) is 4.66. The number of amides is 1. The van der Waals surface area contributed by atoms with Gasteiger partial charge >= 0.3 is 0 Å². The molecule has 2 heterocycles. The van der Waals surface area contributed by atoms with Crippen molar-refractivity contribution >= 4 is 33.1 Å². The average molecular weight is 291 g/mol. The van der Waals surface area contributed by atoms with Gasteiger partial charge in [0.25, 0.3) is 5.91 Å². The number of rotatable bonds is 4. The number of nitrogen functional groups attached to an aromatic ring is 1. The zero-order valence-electron chi connectivity index (χ0n) is 12.4. The van der Waals surface area contributed by atoms with Crippen molar-refractivity contribution in [2.24, 2.45) is 5.92 Å². The Labute approximate surface area is 123 Å². The average Bonchev–Trinajstić information content (AvgIpc) is 2.74. The Bertz CT molecular complexity index is 635. The van der Waals surface area contributed by atoms with Crippen molar-refractivity contribution in [1.82, 2.24) is 9.88 Å². The van der Waals surface area contributed by atoms with Crippen LogP contribution in [0.3, 0.4) is 0 Å². The highest BCUT2D eigenvalue weighted by molar-refractivity contribution is 7.21. The molecule has 0 aliphatic rings. The van der Waals surface area contributed by atoms with Gasteiger partial charge in [-0.25, -0.2) is 4.98 Å². The summed E-state index contributed by atoms with van der Waals surface area (Å²) in [5.74, 6) is 0.475. The lowest BCUT2D eigenvalue weighted by molar-refractivity contribution is 0.0780. The SMILES string of the molecule is CCC(C)CN(C)C(=O)c1sc2nc(C)ccc2c1N. The highest BCUT2D eigenvalue weighted by Gasteiger charge is 2.21. The predicted molar refractivity (Wildman–Crippen MR) is 85.2 cm³/mol. The second kappa shape index (κ2) is 5.79. The summed E-state index contributed by atoms with van der Waals surface area (Å²) in [6, 6.07) is 3.86. The molecule has 1 unspecified atom stereocenters. The Morgan fingerprint density at radius 3 is 2.85 bits per heavy atom. The van der Waals surface area contributed by atoms with Crippen molar-refractivity contribution in [1.29, 1.82) is 0 Å². The standard InChI is InChI=1S/C15H21N3OS/c1-5-9(2)8-18(4)15(19)13-12(16)11-7-6-10(3)17-14(11)20-13/h6-7,9H,5,8,16H2,1-4H3. The second-order valence-corrected chi connectivity index (χ2v) is 6.35. The van der Waals surface area contributed by atoms with Crippen molar-refractivity contribution in [2.45, 2.75) is 27.2 Å². The zero-order valence-corrected chi connectivity index (χ0v) is 13.3. The predicted octanol–water partition coefficient (Wildman–Crippen LogP) is 3.31. The molecule has 2 rings (SSSR count). The fraction of sp³-hybridized carbons (Fsp3) is 0.467. The third kappa shape index (κ3) is 2.77. The van der Waals surface area contributed by atoms with E-state index in [9.17, 15) is 4.79 Å². The number of carbonyl (C=O) groups excluding carboxylic acids is 1. The minimum Gasteiger partial charge on any atom is -0.397 e. The minimum atomic E-state index is -0.0107. The van der Waals surface area contributed by atoms with Crippen molar-refractivity contribution in [3.63, 3.8) is 0 Å². The van der Waals surface area contributed by atoms with E-state index >= 15 is 0 Å². The van der Waals surface area contributed by atoms with Crippen LogP contribution in [0.25, 0.3) is 10.2 Å². The molecule has 0 fully saturated rings. The minimum absolute atomic E-state index is 0.0107. The molecule has 0 aliphatic heterocycles. The lowest BCUT2D eigenvalue weighted by Crippen LogP contribution is -2.30. The number of carbonyl (C=O) groups is 1. The van der Waals surface area contributed by atoms with E-state index in [1.165, 1.54) is 11.3 Å². The molecule has 1 amide bonds. The summed E-state index contributed by atoms with van der Waals surface area (Å²) in [7, 11) is 1.83. The Balaban J connectivity index is 2.32. The van der Waals surface area contributed by atoms with Gasteiger partial charge in [-0.05, 0) is 25.0 Å². The van der Waals surface area contributed by atoms with Crippen molar-refractivity contribution < 1.29 is 4.79 Å². The van der Waals surface area contributed by atoms with E-state index in [1.54, 1.807) is 4.90 Å². The molecule has 0 spiro atoms. The van der Waals surface area contributed by atoms with E-state index in [-0.39, 0.29) is 5.91 Å². The fourth-order valence-electron chi connectivity index (χ4n) is 2.10. The van der Waals surface area contributed by atoms with E-state index in [0.29, 0.717) is 16.5 Å². The van der Waals surface area contributed by atoms with E-state index < -0.39 is 0 Å². The first-order valence-electron chi connectivity index (χ1n) is 6.85. The van der Waals surface area contributed by atoms with Crippen LogP contribution in [0.2, 0.25) is 0 Å². The quantitative estimate of drug-likeness (QED) is 0.940. The Morgan fingerprint density at radius 2 is 2.20 bits per heavy atom. The van der Waals surface area contributed by atoms with Gasteiger partial charge in [0, 0.05) is 24.7 Å². The Hall–Kier alpha value is -1.62. The number of nitrogens with zero attached hydrogens (tertiary/aromatic N) is 2. The second-order valence-electron chi connectivity index (χ2n) is 5.35. The molecule has 0 radical (unpaired) electrons. The van der Waals surface area contributed by atoms with Crippen LogP contribution in [-0.4, -0.2) is 29.4 Å². The van der Waals surface area contributed by atoms with Crippen molar-refractivity contribution in [3.05, 3.63) is 22.7 Å². The number of aromatic nitrogens is 1. The Kier molecular flexibility index (Phi) is 4.28. The zero-order chi connectivity index (χ0) is 14.9. The van der Waals surface area contributed by atoms with Crippen LogP contribution in [-0.2, 0) is 0 Å². The van der Waals surface area contributed by atoms with E-state index in [1.807, 2.05) is 26.1 Å². The fourth-order valence-corrected chi connectivity index (χ4v) is 3.24. The molecule has 2 N–H and O–H groups in total. The van der Waals surface area contributed by atoms with Crippen molar-refractivity contribution in [3.8, 4) is 0 Å². The maximum absolute atomic E-state index is 12.5. The molecule has 108 valence electrons. The van der Waals surface area contributed by atoms with Gasteiger partial charge in [-0.15, -0.1) is 11.3 Å². The molecule has 20 heavy (non-hydrogen) atoms. The molecule has 4 nitrogen and oxygen atoms in total. The molecule has 1 atom stereocenters. The molecule has 5 heteroatoms. The van der Waals surface area contributed by atoms with Gasteiger partial charge in [0.15, 0.2) is 0 Å².